The molecule has 88 valence electrons. The van der Waals surface area contributed by atoms with Gasteiger partial charge in [-0.2, -0.15) is 0 Å². The van der Waals surface area contributed by atoms with Crippen LogP contribution in [0.4, 0.5) is 0 Å². The molecule has 3 saturated carbocycles. The molecule has 0 N–H and O–H groups in total. The van der Waals surface area contributed by atoms with E-state index in [4.69, 9.17) is 0 Å². The van der Waals surface area contributed by atoms with Gasteiger partial charge in [-0.1, -0.05) is 26.0 Å². The third kappa shape index (κ3) is 1.15. The molecular formula is C15H22O. The lowest BCUT2D eigenvalue weighted by Crippen LogP contribution is -2.32. The van der Waals surface area contributed by atoms with Gasteiger partial charge in [0, 0.05) is 11.3 Å². The van der Waals surface area contributed by atoms with Gasteiger partial charge in [0.25, 0.3) is 0 Å². The van der Waals surface area contributed by atoms with Crippen LogP contribution >= 0.6 is 0 Å². The lowest BCUT2D eigenvalue weighted by Gasteiger charge is -2.31. The average molecular weight is 218 g/mol. The second-order valence-corrected chi connectivity index (χ2v) is 6.59. The molecule has 3 rings (SSSR count). The van der Waals surface area contributed by atoms with E-state index in [-0.39, 0.29) is 5.41 Å². The van der Waals surface area contributed by atoms with Crippen molar-refractivity contribution in [2.75, 3.05) is 0 Å². The number of rotatable bonds is 0. The predicted molar refractivity (Wildman–Crippen MR) is 65.0 cm³/mol. The van der Waals surface area contributed by atoms with E-state index in [2.05, 4.69) is 20.4 Å². The summed E-state index contributed by atoms with van der Waals surface area (Å²) in [4.78, 5) is 12.7. The van der Waals surface area contributed by atoms with Crippen molar-refractivity contribution in [3.05, 3.63) is 12.2 Å². The lowest BCUT2D eigenvalue weighted by atomic mass is 9.71. The van der Waals surface area contributed by atoms with E-state index in [1.165, 1.54) is 18.4 Å². The molecule has 3 fully saturated rings. The van der Waals surface area contributed by atoms with Gasteiger partial charge < -0.3 is 0 Å². The Labute approximate surface area is 98.3 Å². The van der Waals surface area contributed by atoms with Crippen molar-refractivity contribution >= 4 is 5.78 Å². The number of carbonyl (C=O) groups excluding carboxylic acids is 1. The van der Waals surface area contributed by atoms with Crippen LogP contribution in [0.5, 0.6) is 0 Å². The number of hydrogen-bond donors (Lipinski definition) is 0. The first-order valence-electron chi connectivity index (χ1n) is 6.75. The molecule has 3 aliphatic carbocycles. The van der Waals surface area contributed by atoms with Crippen molar-refractivity contribution in [3.63, 3.8) is 0 Å². The molecule has 0 saturated heterocycles. The number of carbonyl (C=O) groups is 1. The number of Topliss-reactive ketones (excluding diaryl/α,β-unsaturated/α-hetero) is 1. The Hall–Kier alpha value is -0.590. The van der Waals surface area contributed by atoms with Gasteiger partial charge >= 0.3 is 0 Å². The zero-order chi connectivity index (χ0) is 11.5. The Kier molecular flexibility index (Phi) is 2.12. The first-order valence-corrected chi connectivity index (χ1v) is 6.75. The van der Waals surface area contributed by atoms with E-state index in [1.807, 2.05) is 0 Å². The summed E-state index contributed by atoms with van der Waals surface area (Å²) in [7, 11) is 0. The highest BCUT2D eigenvalue weighted by Gasteiger charge is 2.60. The van der Waals surface area contributed by atoms with Gasteiger partial charge in [-0.25, -0.2) is 0 Å². The third-order valence-corrected chi connectivity index (χ3v) is 5.66. The van der Waals surface area contributed by atoms with Crippen molar-refractivity contribution in [1.29, 1.82) is 0 Å². The van der Waals surface area contributed by atoms with Crippen LogP contribution in [0.15, 0.2) is 12.2 Å². The Morgan fingerprint density at radius 1 is 1.25 bits per heavy atom. The van der Waals surface area contributed by atoms with Crippen LogP contribution in [0.1, 0.15) is 46.0 Å². The summed E-state index contributed by atoms with van der Waals surface area (Å²) in [5.41, 5.74) is 1.41. The lowest BCUT2D eigenvalue weighted by molar-refractivity contribution is -0.130. The molecule has 1 nitrogen and oxygen atoms in total. The van der Waals surface area contributed by atoms with Crippen molar-refractivity contribution in [1.82, 2.24) is 0 Å². The molecule has 0 aromatic carbocycles. The second-order valence-electron chi connectivity index (χ2n) is 6.59. The van der Waals surface area contributed by atoms with Gasteiger partial charge in [0.05, 0.1) is 0 Å². The molecule has 16 heavy (non-hydrogen) atoms. The molecule has 0 unspecified atom stereocenters. The molecule has 0 heterocycles. The van der Waals surface area contributed by atoms with Crippen LogP contribution in [-0.2, 0) is 4.79 Å². The SMILES string of the molecule is C=C1C[C@@H]2C(=O)[C@@]3(CC[C@H](C)[C@H]3C1)C[C@H]2C. The molecule has 0 aromatic heterocycles. The van der Waals surface area contributed by atoms with Crippen LogP contribution < -0.4 is 0 Å². The van der Waals surface area contributed by atoms with Gasteiger partial charge in [-0.3, -0.25) is 4.79 Å². The van der Waals surface area contributed by atoms with Crippen LogP contribution in [0, 0.1) is 29.1 Å². The average Bonchev–Trinajstić information content (AvgIpc) is 2.59. The Balaban J connectivity index is 2.07. The van der Waals surface area contributed by atoms with Crippen LogP contribution in [-0.4, -0.2) is 5.78 Å². The van der Waals surface area contributed by atoms with Crippen molar-refractivity contribution in [3.8, 4) is 0 Å². The third-order valence-electron chi connectivity index (χ3n) is 5.66. The molecule has 3 aliphatic rings. The monoisotopic (exact) mass is 218 g/mol. The maximum absolute atomic E-state index is 12.7. The zero-order valence-electron chi connectivity index (χ0n) is 10.5. The first-order chi connectivity index (χ1) is 7.54. The molecule has 5 atom stereocenters. The van der Waals surface area contributed by atoms with E-state index in [1.54, 1.807) is 0 Å². The number of fused-ring (bicyclic) bond motifs is 1. The fourth-order valence-corrected chi connectivity index (χ4v) is 4.82. The Morgan fingerprint density at radius 3 is 2.75 bits per heavy atom. The summed E-state index contributed by atoms with van der Waals surface area (Å²) < 4.78 is 0. The summed E-state index contributed by atoms with van der Waals surface area (Å²) in [5.74, 6) is 2.85. The van der Waals surface area contributed by atoms with Crippen LogP contribution in [0.2, 0.25) is 0 Å². The fraction of sp³-hybridized carbons (Fsp3) is 0.800. The maximum Gasteiger partial charge on any atom is 0.142 e. The summed E-state index contributed by atoms with van der Waals surface area (Å²) in [6.07, 6.45) is 5.68. The summed E-state index contributed by atoms with van der Waals surface area (Å²) >= 11 is 0. The Morgan fingerprint density at radius 2 is 2.00 bits per heavy atom. The first kappa shape index (κ1) is 10.6. The maximum atomic E-state index is 12.7. The van der Waals surface area contributed by atoms with Gasteiger partial charge in [0.15, 0.2) is 0 Å². The van der Waals surface area contributed by atoms with E-state index in [0.29, 0.717) is 23.5 Å². The van der Waals surface area contributed by atoms with E-state index in [0.717, 1.165) is 25.2 Å². The highest BCUT2D eigenvalue weighted by atomic mass is 16.1. The minimum atomic E-state index is 0.0724. The molecule has 1 spiro atoms. The highest BCUT2D eigenvalue weighted by molar-refractivity contribution is 5.91. The highest BCUT2D eigenvalue weighted by Crippen LogP contribution is 2.62. The van der Waals surface area contributed by atoms with Gasteiger partial charge in [0.1, 0.15) is 5.78 Å². The standard InChI is InChI=1S/C15H22O/c1-9-6-12-11(3)8-15(14(12)16)5-4-10(2)13(15)7-9/h10-13H,1,4-8H2,2-3H3/t10-,11+,12-,13+,15-/m0/s1. The van der Waals surface area contributed by atoms with E-state index >= 15 is 0 Å². The topological polar surface area (TPSA) is 17.1 Å². The molecule has 0 aliphatic heterocycles. The number of hydrogen-bond acceptors (Lipinski definition) is 1. The van der Waals surface area contributed by atoms with Crippen molar-refractivity contribution < 1.29 is 4.79 Å². The predicted octanol–water partition coefficient (Wildman–Crippen LogP) is 3.59. The molecular weight excluding hydrogens is 196 g/mol. The Bertz CT molecular complexity index is 356. The second kappa shape index (κ2) is 3.21. The number of ketones is 1. The minimum Gasteiger partial charge on any atom is -0.299 e. The fourth-order valence-electron chi connectivity index (χ4n) is 4.82. The molecule has 2 bridgehead atoms. The smallest absolute Gasteiger partial charge is 0.142 e. The quantitative estimate of drug-likeness (QED) is 0.568. The van der Waals surface area contributed by atoms with Crippen LogP contribution in [0.25, 0.3) is 0 Å². The van der Waals surface area contributed by atoms with Crippen molar-refractivity contribution in [2.45, 2.75) is 46.0 Å². The van der Waals surface area contributed by atoms with Gasteiger partial charge in [0.2, 0.25) is 0 Å². The molecule has 0 amide bonds. The summed E-state index contributed by atoms with van der Waals surface area (Å²) in [6, 6.07) is 0. The largest absolute Gasteiger partial charge is 0.299 e. The van der Waals surface area contributed by atoms with Gasteiger partial charge in [-0.05, 0) is 49.9 Å². The van der Waals surface area contributed by atoms with E-state index in [9.17, 15) is 4.79 Å². The zero-order valence-corrected chi connectivity index (χ0v) is 10.5. The number of allylic oxidation sites excluding steroid dienone is 1. The summed E-state index contributed by atoms with van der Waals surface area (Å²) in [6.45, 7) is 8.81. The minimum absolute atomic E-state index is 0.0724. The molecule has 1 heteroatoms. The van der Waals surface area contributed by atoms with Crippen molar-refractivity contribution in [2.24, 2.45) is 29.1 Å². The molecule has 0 radical (unpaired) electrons. The van der Waals surface area contributed by atoms with Crippen LogP contribution in [0.3, 0.4) is 0 Å². The molecule has 0 aromatic rings. The normalized spacial score (nSPS) is 51.6. The van der Waals surface area contributed by atoms with Gasteiger partial charge in [-0.15, -0.1) is 0 Å². The summed E-state index contributed by atoms with van der Waals surface area (Å²) in [5, 5.41) is 0. The van der Waals surface area contributed by atoms with E-state index < -0.39 is 0 Å².